The molecule has 1 heterocycles. The highest BCUT2D eigenvalue weighted by molar-refractivity contribution is 4.74. The number of rotatable bonds is 11. The predicted molar refractivity (Wildman–Crippen MR) is 84.5 cm³/mol. The van der Waals surface area contributed by atoms with E-state index in [0.29, 0.717) is 6.17 Å². The van der Waals surface area contributed by atoms with Gasteiger partial charge in [-0.2, -0.15) is 0 Å². The van der Waals surface area contributed by atoms with Crippen molar-refractivity contribution in [3.63, 3.8) is 0 Å². The molecule has 1 atom stereocenters. The third-order valence-corrected chi connectivity index (χ3v) is 4.23. The minimum absolute atomic E-state index is 0.553. The molecule has 1 unspecified atom stereocenters. The van der Waals surface area contributed by atoms with E-state index in [1.165, 1.54) is 83.7 Å². The number of unbranched alkanes of at least 4 members (excludes halogenated alkanes) is 6. The molecule has 1 aliphatic rings. The van der Waals surface area contributed by atoms with Crippen molar-refractivity contribution in [2.24, 2.45) is 0 Å². The maximum absolute atomic E-state index is 4.85. The van der Waals surface area contributed by atoms with Gasteiger partial charge in [-0.3, -0.25) is 4.90 Å². The predicted octanol–water partition coefficient (Wildman–Crippen LogP) is 4.56. The molecule has 0 aromatic rings. The van der Waals surface area contributed by atoms with E-state index in [2.05, 4.69) is 18.7 Å². The lowest BCUT2D eigenvalue weighted by Crippen LogP contribution is -2.45. The standard InChI is InChI=1S/C17H35N2/c1-3-5-7-11-15-19(16-12-8-6-4-2)17-13-9-10-14-18-17/h17H,3-16H2,1-2H3. The Morgan fingerprint density at radius 2 is 1.47 bits per heavy atom. The van der Waals surface area contributed by atoms with Crippen molar-refractivity contribution >= 4 is 0 Å². The number of nitrogens with zero attached hydrogens (tertiary/aromatic N) is 2. The second-order valence-electron chi connectivity index (χ2n) is 6.04. The van der Waals surface area contributed by atoms with Gasteiger partial charge in [-0.1, -0.05) is 52.4 Å². The third kappa shape index (κ3) is 7.94. The first-order chi connectivity index (χ1) is 9.38. The van der Waals surface area contributed by atoms with Gasteiger partial charge in [0.05, 0.1) is 6.17 Å². The summed E-state index contributed by atoms with van der Waals surface area (Å²) < 4.78 is 0. The summed E-state index contributed by atoms with van der Waals surface area (Å²) in [6.45, 7) is 8.24. The van der Waals surface area contributed by atoms with Crippen molar-refractivity contribution in [1.29, 1.82) is 0 Å². The second-order valence-corrected chi connectivity index (χ2v) is 6.04. The van der Waals surface area contributed by atoms with Gasteiger partial charge in [0, 0.05) is 6.54 Å². The molecule has 0 aromatic carbocycles. The Hall–Kier alpha value is -0.0800. The molecule has 0 aliphatic carbocycles. The lowest BCUT2D eigenvalue weighted by Gasteiger charge is -2.34. The SMILES string of the molecule is CCCCCCN(CCCCCC)C1CCCC[N]1. The molecule has 1 saturated heterocycles. The van der Waals surface area contributed by atoms with E-state index in [0.717, 1.165) is 6.54 Å². The van der Waals surface area contributed by atoms with Crippen molar-refractivity contribution in [2.45, 2.75) is 90.6 Å². The summed E-state index contributed by atoms with van der Waals surface area (Å²) in [6, 6.07) is 0. The van der Waals surface area contributed by atoms with E-state index in [1.54, 1.807) is 0 Å². The summed E-state index contributed by atoms with van der Waals surface area (Å²) in [7, 11) is 0. The van der Waals surface area contributed by atoms with E-state index < -0.39 is 0 Å². The zero-order valence-corrected chi connectivity index (χ0v) is 13.4. The Balaban J connectivity index is 2.24. The average Bonchev–Trinajstić information content (AvgIpc) is 2.46. The molecule has 1 radical (unpaired) electrons. The minimum atomic E-state index is 0.553. The van der Waals surface area contributed by atoms with Crippen LogP contribution in [0, 0.1) is 0 Å². The molecule has 1 rings (SSSR count). The highest BCUT2D eigenvalue weighted by Crippen LogP contribution is 2.15. The van der Waals surface area contributed by atoms with E-state index in [-0.39, 0.29) is 0 Å². The van der Waals surface area contributed by atoms with Gasteiger partial charge < -0.3 is 0 Å². The molecule has 0 saturated carbocycles. The Labute approximate surface area is 121 Å². The summed E-state index contributed by atoms with van der Waals surface area (Å²) in [5.74, 6) is 0. The first-order valence-corrected chi connectivity index (χ1v) is 8.79. The van der Waals surface area contributed by atoms with Gasteiger partial charge in [-0.15, -0.1) is 0 Å². The molecule has 1 aliphatic heterocycles. The minimum Gasteiger partial charge on any atom is -0.287 e. The molecule has 113 valence electrons. The molecule has 2 nitrogen and oxygen atoms in total. The van der Waals surface area contributed by atoms with E-state index in [4.69, 9.17) is 5.32 Å². The molecule has 2 heteroatoms. The fourth-order valence-electron chi connectivity index (χ4n) is 2.96. The van der Waals surface area contributed by atoms with Crippen molar-refractivity contribution < 1.29 is 0 Å². The third-order valence-electron chi connectivity index (χ3n) is 4.23. The highest BCUT2D eigenvalue weighted by atomic mass is 15.3. The van der Waals surface area contributed by atoms with Crippen LogP contribution in [0.15, 0.2) is 0 Å². The smallest absolute Gasteiger partial charge is 0.0760 e. The van der Waals surface area contributed by atoms with Gasteiger partial charge in [0.25, 0.3) is 0 Å². The van der Waals surface area contributed by atoms with Gasteiger partial charge in [-0.05, 0) is 45.2 Å². The van der Waals surface area contributed by atoms with Crippen molar-refractivity contribution in [3.8, 4) is 0 Å². The van der Waals surface area contributed by atoms with Crippen LogP contribution >= 0.6 is 0 Å². The molecule has 1 fully saturated rings. The quantitative estimate of drug-likeness (QED) is 0.501. The highest BCUT2D eigenvalue weighted by Gasteiger charge is 2.20. The van der Waals surface area contributed by atoms with E-state index in [9.17, 15) is 0 Å². The van der Waals surface area contributed by atoms with Crippen molar-refractivity contribution in [3.05, 3.63) is 0 Å². The zero-order chi connectivity index (χ0) is 13.8. The lowest BCUT2D eigenvalue weighted by atomic mass is 10.1. The van der Waals surface area contributed by atoms with E-state index >= 15 is 0 Å². The molecule has 0 amide bonds. The molecule has 0 N–H and O–H groups in total. The fourth-order valence-corrected chi connectivity index (χ4v) is 2.96. The van der Waals surface area contributed by atoms with Gasteiger partial charge in [0.1, 0.15) is 0 Å². The normalized spacial score (nSPS) is 20.1. The average molecular weight is 267 g/mol. The Bertz CT molecular complexity index is 176. The maximum Gasteiger partial charge on any atom is 0.0760 e. The van der Waals surface area contributed by atoms with Crippen molar-refractivity contribution in [2.75, 3.05) is 19.6 Å². The van der Waals surface area contributed by atoms with Gasteiger partial charge >= 0.3 is 0 Å². The molecular formula is C17H35N2. The van der Waals surface area contributed by atoms with Crippen LogP contribution in [0.5, 0.6) is 0 Å². The van der Waals surface area contributed by atoms with Crippen molar-refractivity contribution in [1.82, 2.24) is 10.2 Å². The lowest BCUT2D eigenvalue weighted by molar-refractivity contribution is 0.128. The first kappa shape index (κ1) is 17.0. The van der Waals surface area contributed by atoms with Crippen LogP contribution in [0.3, 0.4) is 0 Å². The van der Waals surface area contributed by atoms with Gasteiger partial charge in [0.15, 0.2) is 0 Å². The monoisotopic (exact) mass is 267 g/mol. The second kappa shape index (κ2) is 11.7. The van der Waals surface area contributed by atoms with Crippen LogP contribution in [-0.4, -0.2) is 30.7 Å². The summed E-state index contributed by atoms with van der Waals surface area (Å²) in [6.07, 6.45) is 15.6. The molecular weight excluding hydrogens is 232 g/mol. The van der Waals surface area contributed by atoms with E-state index in [1.807, 2.05) is 0 Å². The Morgan fingerprint density at radius 1 is 0.842 bits per heavy atom. The topological polar surface area (TPSA) is 17.3 Å². The van der Waals surface area contributed by atoms with Crippen LogP contribution in [0.25, 0.3) is 0 Å². The van der Waals surface area contributed by atoms with Crippen LogP contribution in [0.1, 0.15) is 84.5 Å². The van der Waals surface area contributed by atoms with Crippen LogP contribution in [0.4, 0.5) is 0 Å². The first-order valence-electron chi connectivity index (χ1n) is 8.79. The molecule has 0 aromatic heterocycles. The van der Waals surface area contributed by atoms with Crippen LogP contribution < -0.4 is 5.32 Å². The summed E-state index contributed by atoms with van der Waals surface area (Å²) in [5, 5.41) is 4.85. The molecule has 0 bridgehead atoms. The number of hydrogen-bond donors (Lipinski definition) is 0. The summed E-state index contributed by atoms with van der Waals surface area (Å²) in [4.78, 5) is 2.68. The Morgan fingerprint density at radius 3 is 1.95 bits per heavy atom. The summed E-state index contributed by atoms with van der Waals surface area (Å²) in [5.41, 5.74) is 0. The number of hydrogen-bond acceptors (Lipinski definition) is 1. The largest absolute Gasteiger partial charge is 0.287 e. The van der Waals surface area contributed by atoms with Gasteiger partial charge in [-0.25, -0.2) is 5.32 Å². The van der Waals surface area contributed by atoms with Crippen LogP contribution in [0.2, 0.25) is 0 Å². The Kier molecular flexibility index (Phi) is 10.5. The van der Waals surface area contributed by atoms with Gasteiger partial charge in [0.2, 0.25) is 0 Å². The zero-order valence-electron chi connectivity index (χ0n) is 13.4. The maximum atomic E-state index is 4.85. The molecule has 19 heavy (non-hydrogen) atoms. The fraction of sp³-hybridized carbons (Fsp3) is 1.00. The molecule has 0 spiro atoms. The summed E-state index contributed by atoms with van der Waals surface area (Å²) >= 11 is 0. The van der Waals surface area contributed by atoms with Crippen LogP contribution in [-0.2, 0) is 0 Å². The number of piperidine rings is 1.